The fourth-order valence-electron chi connectivity index (χ4n) is 6.48. The molecule has 2 aliphatic carbocycles. The van der Waals surface area contributed by atoms with E-state index in [1.807, 2.05) is 24.3 Å². The van der Waals surface area contributed by atoms with E-state index >= 15 is 0 Å². The lowest BCUT2D eigenvalue weighted by Crippen LogP contribution is -2.38. The van der Waals surface area contributed by atoms with Crippen molar-refractivity contribution in [2.45, 2.75) is 50.7 Å². The monoisotopic (exact) mass is 561 g/mol. The number of carbonyl (C=O) groups is 1. The Kier molecular flexibility index (Phi) is 6.64. The van der Waals surface area contributed by atoms with Crippen LogP contribution in [0.2, 0.25) is 0 Å². The number of nitrogens with zero attached hydrogens (tertiary/aromatic N) is 6. The summed E-state index contributed by atoms with van der Waals surface area (Å²) in [5, 5.41) is 16.3. The van der Waals surface area contributed by atoms with E-state index in [1.165, 1.54) is 25.1 Å². The second-order valence-corrected chi connectivity index (χ2v) is 12.0. The zero-order valence-corrected chi connectivity index (χ0v) is 23.3. The molecule has 1 aromatic carbocycles. The Bertz CT molecular complexity index is 1590. The lowest BCUT2D eigenvalue weighted by Gasteiger charge is -2.37. The van der Waals surface area contributed by atoms with Crippen molar-refractivity contribution < 1.29 is 13.6 Å². The third-order valence-electron chi connectivity index (χ3n) is 8.40. The van der Waals surface area contributed by atoms with Crippen molar-refractivity contribution in [2.75, 3.05) is 12.3 Å². The van der Waals surface area contributed by atoms with Crippen LogP contribution in [0.3, 0.4) is 0 Å². The highest BCUT2D eigenvalue weighted by atomic mass is 32.2. The summed E-state index contributed by atoms with van der Waals surface area (Å²) in [5.74, 6) is 1.54. The van der Waals surface area contributed by atoms with Gasteiger partial charge < -0.3 is 5.32 Å². The predicted octanol–water partition coefficient (Wildman–Crippen LogP) is 4.97. The lowest BCUT2D eigenvalue weighted by molar-refractivity contribution is -0.118. The summed E-state index contributed by atoms with van der Waals surface area (Å²) in [6.07, 6.45) is 3.43. The first-order valence-corrected chi connectivity index (χ1v) is 14.4. The van der Waals surface area contributed by atoms with Crippen LogP contribution >= 0.6 is 11.8 Å². The molecule has 8 nitrogen and oxygen atoms in total. The highest BCUT2D eigenvalue weighted by molar-refractivity contribution is 7.98. The van der Waals surface area contributed by atoms with Crippen LogP contribution in [0, 0.1) is 17.0 Å². The SMILES string of the molecule is CC(=O)NCCSCc1ncn(-c2cccc([C@@]34CC[C@@H](c5cc(-c6c(F)cccc6F)nnc53)C4(C)C)n2)n1. The van der Waals surface area contributed by atoms with Crippen LogP contribution in [-0.4, -0.2) is 48.2 Å². The van der Waals surface area contributed by atoms with E-state index in [2.05, 4.69) is 39.4 Å². The average Bonchev–Trinajstić information content (AvgIpc) is 3.56. The summed E-state index contributed by atoms with van der Waals surface area (Å²) >= 11 is 1.65. The van der Waals surface area contributed by atoms with Crippen molar-refractivity contribution in [3.63, 3.8) is 0 Å². The number of nitrogens with one attached hydrogen (secondary N) is 1. The van der Waals surface area contributed by atoms with E-state index in [-0.39, 0.29) is 28.5 Å². The maximum absolute atomic E-state index is 14.6. The molecule has 1 N–H and O–H groups in total. The van der Waals surface area contributed by atoms with E-state index in [0.717, 1.165) is 35.5 Å². The van der Waals surface area contributed by atoms with Crippen molar-refractivity contribution in [2.24, 2.45) is 5.41 Å². The normalized spacial score (nSPS) is 20.5. The minimum absolute atomic E-state index is 0.0412. The number of pyridine rings is 1. The van der Waals surface area contributed by atoms with Gasteiger partial charge in [-0.15, -0.1) is 10.2 Å². The van der Waals surface area contributed by atoms with Gasteiger partial charge in [-0.3, -0.25) is 4.79 Å². The molecule has 40 heavy (non-hydrogen) atoms. The summed E-state index contributed by atoms with van der Waals surface area (Å²) in [4.78, 5) is 20.5. The minimum atomic E-state index is -0.654. The first-order chi connectivity index (χ1) is 19.2. The molecular weight excluding hydrogens is 532 g/mol. The Balaban J connectivity index is 1.31. The zero-order chi connectivity index (χ0) is 28.1. The van der Waals surface area contributed by atoms with Gasteiger partial charge in [0, 0.05) is 19.2 Å². The smallest absolute Gasteiger partial charge is 0.216 e. The van der Waals surface area contributed by atoms with E-state index in [0.29, 0.717) is 23.9 Å². The molecular formula is C29H29F2N7OS. The van der Waals surface area contributed by atoms with Gasteiger partial charge >= 0.3 is 0 Å². The number of fused-ring (bicyclic) bond motifs is 5. The van der Waals surface area contributed by atoms with Crippen LogP contribution in [-0.2, 0) is 16.0 Å². The Morgan fingerprint density at radius 2 is 1.93 bits per heavy atom. The number of hydrogen-bond acceptors (Lipinski definition) is 7. The number of amides is 1. The maximum Gasteiger partial charge on any atom is 0.216 e. The molecule has 2 aliphatic rings. The third kappa shape index (κ3) is 4.18. The molecule has 206 valence electrons. The first-order valence-electron chi connectivity index (χ1n) is 13.3. The molecule has 1 saturated carbocycles. The van der Waals surface area contributed by atoms with Gasteiger partial charge in [0.2, 0.25) is 5.91 Å². The van der Waals surface area contributed by atoms with Crippen LogP contribution in [0.1, 0.15) is 62.3 Å². The summed E-state index contributed by atoms with van der Waals surface area (Å²) in [6.45, 7) is 6.54. The number of hydrogen-bond donors (Lipinski definition) is 1. The van der Waals surface area contributed by atoms with E-state index in [1.54, 1.807) is 22.8 Å². The van der Waals surface area contributed by atoms with Gasteiger partial charge in [0.25, 0.3) is 0 Å². The van der Waals surface area contributed by atoms with Gasteiger partial charge in [-0.2, -0.15) is 16.9 Å². The summed E-state index contributed by atoms with van der Waals surface area (Å²) in [7, 11) is 0. The number of rotatable bonds is 8. The van der Waals surface area contributed by atoms with Crippen molar-refractivity contribution >= 4 is 17.7 Å². The Hall–Kier alpha value is -3.73. The highest BCUT2D eigenvalue weighted by Crippen LogP contribution is 2.69. The summed E-state index contributed by atoms with van der Waals surface area (Å²) < 4.78 is 30.8. The fraction of sp³-hybridized carbons (Fsp3) is 0.379. The molecule has 2 bridgehead atoms. The molecule has 0 unspecified atom stereocenters. The quantitative estimate of drug-likeness (QED) is 0.303. The second-order valence-electron chi connectivity index (χ2n) is 10.9. The third-order valence-corrected chi connectivity index (χ3v) is 9.35. The van der Waals surface area contributed by atoms with Gasteiger partial charge in [-0.1, -0.05) is 26.0 Å². The standard InChI is InChI=1S/C29H29F2N7OS/c1-17(39)32-12-13-40-15-24-33-16-38(37-24)25-9-5-8-23(34-25)29-11-10-19(28(29,2)3)18-14-22(35-36-27(18)29)26-20(30)6-4-7-21(26)31/h4-9,14,16,19H,10-13,15H2,1-3H3,(H,32,39)/t19-,29-/m0/s1. The fourth-order valence-corrected chi connectivity index (χ4v) is 7.19. The lowest BCUT2D eigenvalue weighted by atomic mass is 9.66. The molecule has 0 spiro atoms. The van der Waals surface area contributed by atoms with Gasteiger partial charge in [-0.25, -0.2) is 23.4 Å². The van der Waals surface area contributed by atoms with Crippen LogP contribution < -0.4 is 5.32 Å². The first kappa shape index (κ1) is 26.5. The van der Waals surface area contributed by atoms with Crippen LogP contribution in [0.4, 0.5) is 8.78 Å². The number of halogens is 2. The van der Waals surface area contributed by atoms with Crippen molar-refractivity contribution in [1.82, 2.24) is 35.3 Å². The number of benzene rings is 1. The summed E-state index contributed by atoms with van der Waals surface area (Å²) in [6, 6.07) is 11.5. The second kappa shape index (κ2) is 10.0. The average molecular weight is 562 g/mol. The molecule has 2 atom stereocenters. The zero-order valence-electron chi connectivity index (χ0n) is 22.5. The number of aromatic nitrogens is 6. The predicted molar refractivity (Wildman–Crippen MR) is 148 cm³/mol. The maximum atomic E-state index is 14.6. The highest BCUT2D eigenvalue weighted by Gasteiger charge is 2.65. The summed E-state index contributed by atoms with van der Waals surface area (Å²) in [5.41, 5.74) is 2.01. The Labute approximate surface area is 235 Å². The number of thioether (sulfide) groups is 1. The van der Waals surface area contributed by atoms with E-state index in [9.17, 15) is 13.6 Å². The molecule has 11 heteroatoms. The van der Waals surface area contributed by atoms with E-state index < -0.39 is 17.0 Å². The van der Waals surface area contributed by atoms with Gasteiger partial charge in [0.1, 0.15) is 18.0 Å². The minimum Gasteiger partial charge on any atom is -0.356 e. The van der Waals surface area contributed by atoms with Crippen molar-refractivity contribution in [1.29, 1.82) is 0 Å². The van der Waals surface area contributed by atoms with Gasteiger partial charge in [0.15, 0.2) is 11.6 Å². The molecule has 0 saturated heterocycles. The topological polar surface area (TPSA) is 98.5 Å². The van der Waals surface area contributed by atoms with Crippen molar-refractivity contribution in [3.8, 4) is 17.1 Å². The molecule has 3 aromatic heterocycles. The Morgan fingerprint density at radius 1 is 1.15 bits per heavy atom. The molecule has 6 rings (SSSR count). The van der Waals surface area contributed by atoms with Gasteiger partial charge in [-0.05, 0) is 60.1 Å². The molecule has 3 heterocycles. The van der Waals surface area contributed by atoms with Gasteiger partial charge in [0.05, 0.1) is 33.8 Å². The van der Waals surface area contributed by atoms with Crippen molar-refractivity contribution in [3.05, 3.63) is 83.2 Å². The number of carbonyl (C=O) groups excluding carboxylic acids is 1. The molecule has 1 fully saturated rings. The van der Waals surface area contributed by atoms with E-state index in [4.69, 9.17) is 4.98 Å². The van der Waals surface area contributed by atoms with Crippen LogP contribution in [0.5, 0.6) is 0 Å². The molecule has 4 aromatic rings. The molecule has 0 aliphatic heterocycles. The molecule has 0 radical (unpaired) electrons. The van der Waals surface area contributed by atoms with Crippen LogP contribution in [0.15, 0.2) is 48.8 Å². The van der Waals surface area contributed by atoms with Crippen LogP contribution in [0.25, 0.3) is 17.1 Å². The largest absolute Gasteiger partial charge is 0.356 e. The Morgan fingerprint density at radius 3 is 2.70 bits per heavy atom. The molecule has 1 amide bonds.